The van der Waals surface area contributed by atoms with Gasteiger partial charge in [0, 0.05) is 27.3 Å². The van der Waals surface area contributed by atoms with Crippen LogP contribution in [0.15, 0.2) is 15.9 Å². The number of piperidine rings is 1. The molecule has 120 valence electrons. The minimum atomic E-state index is 0.223. The standard InChI is InChI=1S/C16H28BrN3S/c1-4-14(18)16(15-9-13(17)11-21-15)20-7-5-12(6-8-20)10-19(2)3/h9,11-12,14,16H,4-8,10,18H2,1-3H3. The van der Waals surface area contributed by atoms with E-state index >= 15 is 0 Å². The molecule has 2 unspecified atom stereocenters. The Labute approximate surface area is 141 Å². The van der Waals surface area contributed by atoms with Gasteiger partial charge in [-0.05, 0) is 74.4 Å². The minimum Gasteiger partial charge on any atom is -0.326 e. The summed E-state index contributed by atoms with van der Waals surface area (Å²) in [6, 6.07) is 2.85. The fourth-order valence-electron chi connectivity index (χ4n) is 3.30. The van der Waals surface area contributed by atoms with Gasteiger partial charge in [0.05, 0.1) is 6.04 Å². The largest absolute Gasteiger partial charge is 0.326 e. The summed E-state index contributed by atoms with van der Waals surface area (Å²) in [6.07, 6.45) is 3.60. The van der Waals surface area contributed by atoms with Gasteiger partial charge in [-0.25, -0.2) is 0 Å². The lowest BCUT2D eigenvalue weighted by atomic mass is 9.93. The zero-order valence-corrected chi connectivity index (χ0v) is 15.8. The van der Waals surface area contributed by atoms with Crippen LogP contribution in [-0.4, -0.2) is 49.6 Å². The molecule has 2 heterocycles. The van der Waals surface area contributed by atoms with Crippen molar-refractivity contribution in [2.45, 2.75) is 38.3 Å². The highest BCUT2D eigenvalue weighted by atomic mass is 79.9. The molecule has 1 aliphatic rings. The third kappa shape index (κ3) is 4.76. The average molecular weight is 374 g/mol. The van der Waals surface area contributed by atoms with Crippen molar-refractivity contribution in [3.05, 3.63) is 20.8 Å². The molecule has 0 saturated carbocycles. The number of hydrogen-bond donors (Lipinski definition) is 1. The van der Waals surface area contributed by atoms with E-state index in [9.17, 15) is 0 Å². The van der Waals surface area contributed by atoms with E-state index in [4.69, 9.17) is 5.73 Å². The van der Waals surface area contributed by atoms with E-state index in [0.29, 0.717) is 6.04 Å². The molecule has 2 rings (SSSR count). The van der Waals surface area contributed by atoms with Crippen molar-refractivity contribution < 1.29 is 0 Å². The topological polar surface area (TPSA) is 32.5 Å². The summed E-state index contributed by atoms with van der Waals surface area (Å²) in [7, 11) is 4.34. The second kappa shape index (κ2) is 8.06. The zero-order chi connectivity index (χ0) is 15.4. The quantitative estimate of drug-likeness (QED) is 0.826. The van der Waals surface area contributed by atoms with Gasteiger partial charge in [-0.2, -0.15) is 0 Å². The van der Waals surface area contributed by atoms with Gasteiger partial charge in [-0.1, -0.05) is 6.92 Å². The van der Waals surface area contributed by atoms with Gasteiger partial charge in [0.25, 0.3) is 0 Å². The van der Waals surface area contributed by atoms with Crippen LogP contribution in [0.5, 0.6) is 0 Å². The minimum absolute atomic E-state index is 0.223. The second-order valence-electron chi connectivity index (χ2n) is 6.43. The van der Waals surface area contributed by atoms with Gasteiger partial charge >= 0.3 is 0 Å². The molecule has 1 fully saturated rings. The van der Waals surface area contributed by atoms with Gasteiger partial charge in [0.1, 0.15) is 0 Å². The van der Waals surface area contributed by atoms with E-state index in [1.54, 1.807) is 0 Å². The van der Waals surface area contributed by atoms with E-state index < -0.39 is 0 Å². The summed E-state index contributed by atoms with van der Waals surface area (Å²) in [6.45, 7) is 5.75. The zero-order valence-electron chi connectivity index (χ0n) is 13.4. The summed E-state index contributed by atoms with van der Waals surface area (Å²) in [5, 5.41) is 2.17. The maximum atomic E-state index is 6.45. The molecule has 5 heteroatoms. The van der Waals surface area contributed by atoms with Crippen LogP contribution < -0.4 is 5.73 Å². The Morgan fingerprint density at radius 2 is 2.10 bits per heavy atom. The first-order chi connectivity index (χ1) is 10.0. The summed E-state index contributed by atoms with van der Waals surface area (Å²) >= 11 is 5.41. The first-order valence-electron chi connectivity index (χ1n) is 7.89. The van der Waals surface area contributed by atoms with E-state index in [-0.39, 0.29) is 6.04 Å². The summed E-state index contributed by atoms with van der Waals surface area (Å²) in [5.74, 6) is 0.838. The molecule has 0 radical (unpaired) electrons. The van der Waals surface area contributed by atoms with Crippen molar-refractivity contribution in [1.29, 1.82) is 0 Å². The summed E-state index contributed by atoms with van der Waals surface area (Å²) in [5.41, 5.74) is 6.45. The number of hydrogen-bond acceptors (Lipinski definition) is 4. The van der Waals surface area contributed by atoms with E-state index in [0.717, 1.165) is 12.3 Å². The smallest absolute Gasteiger partial charge is 0.0593 e. The molecule has 1 aromatic heterocycles. The SMILES string of the molecule is CCC(N)C(c1cc(Br)cs1)N1CCC(CN(C)C)CC1. The lowest BCUT2D eigenvalue weighted by Gasteiger charge is -2.40. The van der Waals surface area contributed by atoms with Crippen LogP contribution in [0, 0.1) is 5.92 Å². The number of thiophene rings is 1. The van der Waals surface area contributed by atoms with Crippen molar-refractivity contribution >= 4 is 27.3 Å². The Kier molecular flexibility index (Phi) is 6.69. The van der Waals surface area contributed by atoms with E-state index in [1.165, 1.54) is 41.8 Å². The van der Waals surface area contributed by atoms with Crippen LogP contribution in [0.25, 0.3) is 0 Å². The number of halogens is 1. The lowest BCUT2D eigenvalue weighted by Crippen LogP contribution is -2.45. The third-order valence-electron chi connectivity index (χ3n) is 4.42. The van der Waals surface area contributed by atoms with E-state index in [1.807, 2.05) is 11.3 Å². The average Bonchev–Trinajstić information content (AvgIpc) is 2.86. The Morgan fingerprint density at radius 3 is 2.57 bits per heavy atom. The molecule has 21 heavy (non-hydrogen) atoms. The second-order valence-corrected chi connectivity index (χ2v) is 8.28. The van der Waals surface area contributed by atoms with Crippen LogP contribution in [0.4, 0.5) is 0 Å². The Morgan fingerprint density at radius 1 is 1.43 bits per heavy atom. The fraction of sp³-hybridized carbons (Fsp3) is 0.750. The van der Waals surface area contributed by atoms with Gasteiger partial charge < -0.3 is 10.6 Å². The van der Waals surface area contributed by atoms with Crippen molar-refractivity contribution in [3.63, 3.8) is 0 Å². The van der Waals surface area contributed by atoms with Crippen LogP contribution in [0.1, 0.15) is 37.1 Å². The third-order valence-corrected chi connectivity index (χ3v) is 6.19. The summed E-state index contributed by atoms with van der Waals surface area (Å²) in [4.78, 5) is 6.33. The molecule has 2 N–H and O–H groups in total. The van der Waals surface area contributed by atoms with Crippen molar-refractivity contribution in [2.24, 2.45) is 11.7 Å². The Balaban J connectivity index is 2.02. The molecule has 0 spiro atoms. The highest BCUT2D eigenvalue weighted by Crippen LogP contribution is 2.34. The van der Waals surface area contributed by atoms with Crippen LogP contribution >= 0.6 is 27.3 Å². The van der Waals surface area contributed by atoms with Crippen molar-refractivity contribution in [3.8, 4) is 0 Å². The molecule has 0 aromatic carbocycles. The number of likely N-dealkylation sites (tertiary alicyclic amines) is 1. The Bertz CT molecular complexity index is 427. The maximum Gasteiger partial charge on any atom is 0.0593 e. The molecular formula is C16H28BrN3S. The first kappa shape index (κ1) is 17.4. The molecule has 1 aromatic rings. The maximum absolute atomic E-state index is 6.45. The first-order valence-corrected chi connectivity index (χ1v) is 9.56. The van der Waals surface area contributed by atoms with Crippen LogP contribution in [0.2, 0.25) is 0 Å². The molecule has 2 atom stereocenters. The highest BCUT2D eigenvalue weighted by molar-refractivity contribution is 9.10. The van der Waals surface area contributed by atoms with Crippen LogP contribution in [-0.2, 0) is 0 Å². The van der Waals surface area contributed by atoms with Gasteiger partial charge in [0.2, 0.25) is 0 Å². The predicted octanol–water partition coefficient (Wildman–Crippen LogP) is 3.56. The van der Waals surface area contributed by atoms with Crippen LogP contribution in [0.3, 0.4) is 0 Å². The molecule has 0 bridgehead atoms. The normalized spacial score (nSPS) is 20.9. The van der Waals surface area contributed by atoms with Gasteiger partial charge in [-0.3, -0.25) is 4.90 Å². The number of rotatable bonds is 6. The fourth-order valence-corrected chi connectivity index (χ4v) is 4.95. The monoisotopic (exact) mass is 373 g/mol. The molecule has 1 aliphatic heterocycles. The number of nitrogens with zero attached hydrogens (tertiary/aromatic N) is 2. The summed E-state index contributed by atoms with van der Waals surface area (Å²) < 4.78 is 1.18. The van der Waals surface area contributed by atoms with Crippen molar-refractivity contribution in [2.75, 3.05) is 33.7 Å². The Hall–Kier alpha value is 0.0600. The van der Waals surface area contributed by atoms with Crippen molar-refractivity contribution in [1.82, 2.24) is 9.80 Å². The molecule has 0 aliphatic carbocycles. The molecule has 1 saturated heterocycles. The predicted molar refractivity (Wildman–Crippen MR) is 95.9 cm³/mol. The molecule has 3 nitrogen and oxygen atoms in total. The molecular weight excluding hydrogens is 346 g/mol. The number of nitrogens with two attached hydrogens (primary N) is 1. The van der Waals surface area contributed by atoms with Gasteiger partial charge in [0.15, 0.2) is 0 Å². The van der Waals surface area contributed by atoms with E-state index in [2.05, 4.69) is 58.2 Å². The highest BCUT2D eigenvalue weighted by Gasteiger charge is 2.30. The van der Waals surface area contributed by atoms with Gasteiger partial charge in [-0.15, -0.1) is 11.3 Å². The molecule has 0 amide bonds. The lowest BCUT2D eigenvalue weighted by molar-refractivity contribution is 0.106.